The van der Waals surface area contributed by atoms with Crippen molar-refractivity contribution >= 4 is 22.6 Å². The van der Waals surface area contributed by atoms with Crippen LogP contribution in [0.5, 0.6) is 0 Å². The summed E-state index contributed by atoms with van der Waals surface area (Å²) in [6, 6.07) is 0. The van der Waals surface area contributed by atoms with Crippen molar-refractivity contribution in [3.05, 3.63) is 9.79 Å². The van der Waals surface area contributed by atoms with Crippen LogP contribution in [-0.4, -0.2) is 10.2 Å². The zero-order valence-corrected chi connectivity index (χ0v) is 12.0. The Kier molecular flexibility index (Phi) is 2.33. The van der Waals surface area contributed by atoms with E-state index in [-0.39, 0.29) is 0 Å². The molecule has 1 aromatic rings. The third-order valence-corrected chi connectivity index (χ3v) is 5.57. The number of hydrogen-bond acceptors (Lipinski definition) is 3. The van der Waals surface area contributed by atoms with Gasteiger partial charge in [-0.15, -0.1) is 10.2 Å². The van der Waals surface area contributed by atoms with Crippen LogP contribution in [0.1, 0.15) is 44.4 Å². The van der Waals surface area contributed by atoms with Crippen molar-refractivity contribution in [2.24, 2.45) is 23.2 Å². The lowest BCUT2D eigenvalue weighted by Crippen LogP contribution is -2.47. The standard InChI is InChI=1S/C13H17IN2O/c14-12-16-15-11(17-12)7-13-4-8-1-9(5-13)3-10(2-8)6-13/h8-10H,1-7H2. The fourth-order valence-corrected chi connectivity index (χ4v) is 5.49. The van der Waals surface area contributed by atoms with Gasteiger partial charge in [-0.2, -0.15) is 0 Å². The summed E-state index contributed by atoms with van der Waals surface area (Å²) in [6.45, 7) is 0. The van der Waals surface area contributed by atoms with Gasteiger partial charge in [-0.3, -0.25) is 0 Å². The number of nitrogens with zero attached hydrogens (tertiary/aromatic N) is 2. The smallest absolute Gasteiger partial charge is 0.278 e. The highest BCUT2D eigenvalue weighted by atomic mass is 127. The van der Waals surface area contributed by atoms with E-state index in [1.54, 1.807) is 0 Å². The molecule has 17 heavy (non-hydrogen) atoms. The number of rotatable bonds is 2. The minimum Gasteiger partial charge on any atom is -0.416 e. The molecule has 0 aromatic carbocycles. The molecular weight excluding hydrogens is 327 g/mol. The van der Waals surface area contributed by atoms with Crippen molar-refractivity contribution in [1.82, 2.24) is 10.2 Å². The summed E-state index contributed by atoms with van der Waals surface area (Å²) >= 11 is 2.10. The molecule has 0 atom stereocenters. The molecule has 0 aliphatic heterocycles. The maximum Gasteiger partial charge on any atom is 0.278 e. The molecule has 4 fully saturated rings. The molecule has 3 nitrogen and oxygen atoms in total. The van der Waals surface area contributed by atoms with Crippen molar-refractivity contribution < 1.29 is 4.42 Å². The van der Waals surface area contributed by atoms with Crippen molar-refractivity contribution in [2.45, 2.75) is 44.9 Å². The Morgan fingerprint density at radius 2 is 1.65 bits per heavy atom. The Morgan fingerprint density at radius 1 is 1.06 bits per heavy atom. The van der Waals surface area contributed by atoms with Crippen LogP contribution in [0.2, 0.25) is 0 Å². The summed E-state index contributed by atoms with van der Waals surface area (Å²) in [6.07, 6.45) is 9.78. The molecule has 0 saturated heterocycles. The quantitative estimate of drug-likeness (QED) is 0.772. The summed E-state index contributed by atoms with van der Waals surface area (Å²) < 4.78 is 6.27. The Bertz CT molecular complexity index is 407. The Balaban J connectivity index is 1.60. The van der Waals surface area contributed by atoms with E-state index >= 15 is 0 Å². The predicted molar refractivity (Wildman–Crippen MR) is 71.3 cm³/mol. The van der Waals surface area contributed by atoms with Gasteiger partial charge in [0.1, 0.15) is 0 Å². The van der Waals surface area contributed by atoms with E-state index < -0.39 is 0 Å². The van der Waals surface area contributed by atoms with E-state index in [9.17, 15) is 0 Å². The first-order chi connectivity index (χ1) is 8.21. The van der Waals surface area contributed by atoms with Crippen LogP contribution in [0.3, 0.4) is 0 Å². The Hall–Kier alpha value is -0.130. The Labute approximate surface area is 115 Å². The molecular formula is C13H17IN2O. The van der Waals surface area contributed by atoms with E-state index in [0.717, 1.165) is 30.1 Å². The van der Waals surface area contributed by atoms with Crippen molar-refractivity contribution in [2.75, 3.05) is 0 Å². The monoisotopic (exact) mass is 344 g/mol. The maximum atomic E-state index is 5.59. The average molecular weight is 344 g/mol. The Morgan fingerprint density at radius 3 is 2.12 bits per heavy atom. The minimum absolute atomic E-state index is 0.518. The molecule has 0 unspecified atom stereocenters. The number of halogens is 1. The first-order valence-electron chi connectivity index (χ1n) is 6.69. The number of hydrogen-bond donors (Lipinski definition) is 0. The molecule has 0 N–H and O–H groups in total. The van der Waals surface area contributed by atoms with Crippen LogP contribution in [0, 0.1) is 27.1 Å². The topological polar surface area (TPSA) is 38.9 Å². The van der Waals surface area contributed by atoms with Crippen LogP contribution in [0.25, 0.3) is 0 Å². The zero-order valence-electron chi connectivity index (χ0n) is 9.86. The zero-order chi connectivity index (χ0) is 11.5. The molecule has 0 radical (unpaired) electrons. The molecule has 1 aromatic heterocycles. The minimum atomic E-state index is 0.518. The summed E-state index contributed by atoms with van der Waals surface area (Å²) in [4.78, 5) is 0. The van der Waals surface area contributed by atoms with Gasteiger partial charge in [0.05, 0.1) is 0 Å². The van der Waals surface area contributed by atoms with Gasteiger partial charge in [-0.1, -0.05) is 0 Å². The maximum absolute atomic E-state index is 5.59. The third-order valence-electron chi connectivity index (χ3n) is 5.13. The van der Waals surface area contributed by atoms with Crippen molar-refractivity contribution in [3.63, 3.8) is 0 Å². The molecule has 1 heterocycles. The third kappa shape index (κ3) is 1.83. The largest absolute Gasteiger partial charge is 0.416 e. The summed E-state index contributed by atoms with van der Waals surface area (Å²) in [5, 5.41) is 8.15. The van der Waals surface area contributed by atoms with Gasteiger partial charge < -0.3 is 4.42 Å². The molecule has 4 aliphatic carbocycles. The summed E-state index contributed by atoms with van der Waals surface area (Å²) in [7, 11) is 0. The van der Waals surface area contributed by atoms with E-state index in [2.05, 4.69) is 32.8 Å². The highest BCUT2D eigenvalue weighted by Gasteiger charge is 2.51. The van der Waals surface area contributed by atoms with Gasteiger partial charge >= 0.3 is 0 Å². The highest BCUT2D eigenvalue weighted by Crippen LogP contribution is 2.60. The van der Waals surface area contributed by atoms with Gasteiger partial charge in [0.2, 0.25) is 5.89 Å². The van der Waals surface area contributed by atoms with Crippen molar-refractivity contribution in [1.29, 1.82) is 0 Å². The van der Waals surface area contributed by atoms with Crippen LogP contribution in [0.15, 0.2) is 4.42 Å². The first-order valence-corrected chi connectivity index (χ1v) is 7.77. The molecule has 4 aliphatic rings. The highest BCUT2D eigenvalue weighted by molar-refractivity contribution is 14.1. The van der Waals surface area contributed by atoms with Crippen LogP contribution < -0.4 is 0 Å². The van der Waals surface area contributed by atoms with E-state index in [1.165, 1.54) is 38.5 Å². The summed E-state index contributed by atoms with van der Waals surface area (Å²) in [5.41, 5.74) is 0.518. The van der Waals surface area contributed by atoms with Gasteiger partial charge in [0, 0.05) is 29.0 Å². The van der Waals surface area contributed by atoms with Crippen LogP contribution in [-0.2, 0) is 6.42 Å². The molecule has 0 spiro atoms. The summed E-state index contributed by atoms with van der Waals surface area (Å²) in [5.74, 6) is 3.88. The lowest BCUT2D eigenvalue weighted by Gasteiger charge is -2.56. The molecule has 4 heteroatoms. The molecule has 4 saturated carbocycles. The second kappa shape index (κ2) is 3.68. The second-order valence-corrected chi connectivity index (χ2v) is 7.47. The molecule has 4 bridgehead atoms. The molecule has 0 amide bonds. The van der Waals surface area contributed by atoms with E-state index in [1.807, 2.05) is 0 Å². The number of aromatic nitrogens is 2. The van der Waals surface area contributed by atoms with Gasteiger partial charge in [-0.25, -0.2) is 0 Å². The van der Waals surface area contributed by atoms with Crippen molar-refractivity contribution in [3.8, 4) is 0 Å². The lowest BCUT2D eigenvalue weighted by molar-refractivity contribution is -0.0551. The van der Waals surface area contributed by atoms with Gasteiger partial charge in [0.25, 0.3) is 3.90 Å². The molecule has 92 valence electrons. The average Bonchev–Trinajstić information content (AvgIpc) is 2.60. The fraction of sp³-hybridized carbons (Fsp3) is 0.846. The van der Waals surface area contributed by atoms with Gasteiger partial charge in [0.15, 0.2) is 0 Å². The van der Waals surface area contributed by atoms with Crippen LogP contribution in [0.4, 0.5) is 0 Å². The van der Waals surface area contributed by atoms with Gasteiger partial charge in [-0.05, 0) is 61.7 Å². The van der Waals surface area contributed by atoms with E-state index in [0.29, 0.717) is 9.31 Å². The van der Waals surface area contributed by atoms with E-state index in [4.69, 9.17) is 4.42 Å². The second-order valence-electron chi connectivity index (χ2n) is 6.54. The molecule has 5 rings (SSSR count). The van der Waals surface area contributed by atoms with Crippen LogP contribution >= 0.6 is 22.6 Å². The lowest BCUT2D eigenvalue weighted by atomic mass is 9.49. The first kappa shape index (κ1) is 10.8. The normalized spacial score (nSPS) is 43.2. The predicted octanol–water partition coefficient (Wildman–Crippen LogP) is 3.43. The fourth-order valence-electron chi connectivity index (χ4n) is 5.13. The SMILES string of the molecule is Ic1nnc(CC23CC4CC(CC(C4)C2)C3)o1.